The summed E-state index contributed by atoms with van der Waals surface area (Å²) in [5.74, 6) is -1.75. The maximum atomic E-state index is 13.3. The summed E-state index contributed by atoms with van der Waals surface area (Å²) >= 11 is 5.56. The van der Waals surface area contributed by atoms with E-state index in [1.165, 1.54) is 13.2 Å². The molecule has 1 aromatic carbocycles. The highest BCUT2D eigenvalue weighted by Gasteiger charge is 2.20. The van der Waals surface area contributed by atoms with E-state index >= 15 is 0 Å². The van der Waals surface area contributed by atoms with Crippen molar-refractivity contribution in [2.45, 2.75) is 6.42 Å². The Morgan fingerprint density at radius 1 is 1.62 bits per heavy atom. The largest absolute Gasteiger partial charge is 0.469 e. The Balaban J connectivity index is 3.12. The Labute approximate surface area is 94.9 Å². The molecule has 0 spiro atoms. The van der Waals surface area contributed by atoms with Crippen LogP contribution in [0.2, 0.25) is 5.02 Å². The predicted octanol–water partition coefficient (Wildman–Crippen LogP) is 2.10. The summed E-state index contributed by atoms with van der Waals surface area (Å²) in [7, 11) is 1.18. The van der Waals surface area contributed by atoms with E-state index in [0.717, 1.165) is 6.07 Å². The van der Waals surface area contributed by atoms with Gasteiger partial charge in [0, 0.05) is 6.07 Å². The van der Waals surface area contributed by atoms with Gasteiger partial charge >= 0.3 is 11.7 Å². The van der Waals surface area contributed by atoms with Gasteiger partial charge in [-0.15, -0.1) is 0 Å². The normalized spacial score (nSPS) is 9.94. The third-order valence-electron chi connectivity index (χ3n) is 1.90. The van der Waals surface area contributed by atoms with Crippen LogP contribution in [0, 0.1) is 15.9 Å². The number of ether oxygens (including phenoxy) is 1. The fourth-order valence-electron chi connectivity index (χ4n) is 1.08. The van der Waals surface area contributed by atoms with Crippen LogP contribution >= 0.6 is 11.6 Å². The first-order chi connectivity index (χ1) is 7.47. The first kappa shape index (κ1) is 12.4. The number of esters is 1. The Morgan fingerprint density at radius 2 is 2.25 bits per heavy atom. The second-order valence-electron chi connectivity index (χ2n) is 2.88. The molecular formula is C9H7ClFNO4. The van der Waals surface area contributed by atoms with Crippen LogP contribution in [0.5, 0.6) is 0 Å². The van der Waals surface area contributed by atoms with E-state index in [9.17, 15) is 19.3 Å². The molecule has 0 bridgehead atoms. The minimum absolute atomic E-state index is 0.150. The molecule has 7 heteroatoms. The molecule has 0 fully saturated rings. The molecule has 0 aliphatic rings. The molecule has 1 aromatic rings. The lowest BCUT2D eigenvalue weighted by Gasteiger charge is -2.04. The van der Waals surface area contributed by atoms with Gasteiger partial charge in [-0.2, -0.15) is 4.39 Å². The fraction of sp³-hybridized carbons (Fsp3) is 0.222. The van der Waals surface area contributed by atoms with Crippen LogP contribution in [0.3, 0.4) is 0 Å². The summed E-state index contributed by atoms with van der Waals surface area (Å²) in [4.78, 5) is 20.4. The van der Waals surface area contributed by atoms with Crippen molar-refractivity contribution >= 4 is 23.3 Å². The molecule has 16 heavy (non-hydrogen) atoms. The number of hydrogen-bond donors (Lipinski definition) is 0. The Hall–Kier alpha value is -1.69. The molecule has 0 aromatic heterocycles. The zero-order chi connectivity index (χ0) is 12.3. The monoisotopic (exact) mass is 247 g/mol. The van der Waals surface area contributed by atoms with Crippen molar-refractivity contribution in [2.24, 2.45) is 0 Å². The van der Waals surface area contributed by atoms with E-state index in [1.54, 1.807) is 0 Å². The van der Waals surface area contributed by atoms with Crippen LogP contribution in [0.25, 0.3) is 0 Å². The van der Waals surface area contributed by atoms with Crippen LogP contribution < -0.4 is 0 Å². The van der Waals surface area contributed by atoms with Gasteiger partial charge in [0.1, 0.15) is 0 Å². The SMILES string of the molecule is COC(=O)Cc1ccc([N+](=O)[O-])c(F)c1Cl. The van der Waals surface area contributed by atoms with Gasteiger partial charge in [0.15, 0.2) is 0 Å². The summed E-state index contributed by atoms with van der Waals surface area (Å²) in [6.07, 6.45) is -0.232. The van der Waals surface area contributed by atoms with Gasteiger partial charge in [-0.3, -0.25) is 14.9 Å². The van der Waals surface area contributed by atoms with Crippen LogP contribution in [-0.2, 0) is 16.0 Å². The highest BCUT2D eigenvalue weighted by atomic mass is 35.5. The van der Waals surface area contributed by atoms with Crippen molar-refractivity contribution in [3.8, 4) is 0 Å². The minimum atomic E-state index is -1.15. The molecule has 0 saturated heterocycles. The number of methoxy groups -OCH3 is 1. The van der Waals surface area contributed by atoms with Gasteiger partial charge < -0.3 is 4.74 Å². The van der Waals surface area contributed by atoms with Gasteiger partial charge in [0.25, 0.3) is 0 Å². The summed E-state index contributed by atoms with van der Waals surface area (Å²) in [5.41, 5.74) is -0.574. The topological polar surface area (TPSA) is 69.4 Å². The maximum Gasteiger partial charge on any atom is 0.310 e. The number of halogens is 2. The van der Waals surface area contributed by atoms with Crippen molar-refractivity contribution in [3.63, 3.8) is 0 Å². The third kappa shape index (κ3) is 2.46. The zero-order valence-corrected chi connectivity index (χ0v) is 8.95. The number of nitro groups is 1. The van der Waals surface area contributed by atoms with E-state index in [2.05, 4.69) is 4.74 Å². The number of carbonyl (C=O) groups is 1. The first-order valence-electron chi connectivity index (χ1n) is 4.15. The molecule has 0 aliphatic heterocycles. The number of rotatable bonds is 3. The van der Waals surface area contributed by atoms with E-state index in [4.69, 9.17) is 11.6 Å². The van der Waals surface area contributed by atoms with Gasteiger partial charge in [0.05, 0.1) is 23.5 Å². The van der Waals surface area contributed by atoms with Gasteiger partial charge in [-0.05, 0) is 11.6 Å². The van der Waals surface area contributed by atoms with Crippen LogP contribution in [0.4, 0.5) is 10.1 Å². The van der Waals surface area contributed by atoms with E-state index in [0.29, 0.717) is 0 Å². The second kappa shape index (κ2) is 4.89. The lowest BCUT2D eigenvalue weighted by atomic mass is 10.1. The fourth-order valence-corrected chi connectivity index (χ4v) is 1.31. The quantitative estimate of drug-likeness (QED) is 0.466. The Kier molecular flexibility index (Phi) is 3.78. The maximum absolute atomic E-state index is 13.3. The van der Waals surface area contributed by atoms with E-state index in [1.807, 2.05) is 0 Å². The highest BCUT2D eigenvalue weighted by Crippen LogP contribution is 2.28. The summed E-state index contributed by atoms with van der Waals surface area (Å²) in [6.45, 7) is 0. The Morgan fingerprint density at radius 3 is 2.75 bits per heavy atom. The lowest BCUT2D eigenvalue weighted by molar-refractivity contribution is -0.387. The van der Waals surface area contributed by atoms with Crippen LogP contribution in [0.15, 0.2) is 12.1 Å². The van der Waals surface area contributed by atoms with Crippen molar-refractivity contribution in [1.82, 2.24) is 0 Å². The molecule has 5 nitrogen and oxygen atoms in total. The van der Waals surface area contributed by atoms with Crippen molar-refractivity contribution < 1.29 is 18.8 Å². The first-order valence-corrected chi connectivity index (χ1v) is 4.53. The van der Waals surface area contributed by atoms with Gasteiger partial charge in [-0.25, -0.2) is 0 Å². The standard InChI is InChI=1S/C9H7ClFNO4/c1-16-7(13)4-5-2-3-6(12(14)15)9(11)8(5)10/h2-3H,4H2,1H3. The predicted molar refractivity (Wildman–Crippen MR) is 53.8 cm³/mol. The Bertz CT molecular complexity index is 449. The molecular weight excluding hydrogens is 241 g/mol. The molecule has 86 valence electrons. The molecule has 0 N–H and O–H groups in total. The molecule has 0 saturated carbocycles. The average molecular weight is 248 g/mol. The van der Waals surface area contributed by atoms with Crippen molar-refractivity contribution in [3.05, 3.63) is 38.7 Å². The van der Waals surface area contributed by atoms with E-state index < -0.39 is 27.4 Å². The van der Waals surface area contributed by atoms with Gasteiger partial charge in [-0.1, -0.05) is 11.6 Å². The zero-order valence-electron chi connectivity index (χ0n) is 8.20. The lowest BCUT2D eigenvalue weighted by Crippen LogP contribution is -2.06. The summed E-state index contributed by atoms with van der Waals surface area (Å²) in [6, 6.07) is 2.18. The minimum Gasteiger partial charge on any atom is -0.469 e. The number of nitro benzene ring substituents is 1. The molecule has 0 atom stereocenters. The second-order valence-corrected chi connectivity index (χ2v) is 3.26. The summed E-state index contributed by atoms with van der Waals surface area (Å²) < 4.78 is 17.7. The van der Waals surface area contributed by atoms with Crippen molar-refractivity contribution in [2.75, 3.05) is 7.11 Å². The number of benzene rings is 1. The smallest absolute Gasteiger partial charge is 0.310 e. The highest BCUT2D eigenvalue weighted by molar-refractivity contribution is 6.31. The average Bonchev–Trinajstić information content (AvgIpc) is 2.24. The van der Waals surface area contributed by atoms with Crippen LogP contribution in [-0.4, -0.2) is 18.0 Å². The summed E-state index contributed by atoms with van der Waals surface area (Å²) in [5, 5.41) is 9.95. The molecule has 0 amide bonds. The number of hydrogen-bond acceptors (Lipinski definition) is 4. The molecule has 0 aliphatic carbocycles. The van der Waals surface area contributed by atoms with Crippen LogP contribution in [0.1, 0.15) is 5.56 Å². The molecule has 1 rings (SSSR count). The van der Waals surface area contributed by atoms with Gasteiger partial charge in [0.2, 0.25) is 5.82 Å². The van der Waals surface area contributed by atoms with E-state index in [-0.39, 0.29) is 12.0 Å². The third-order valence-corrected chi connectivity index (χ3v) is 2.31. The molecule has 0 unspecified atom stereocenters. The molecule has 0 radical (unpaired) electrons. The van der Waals surface area contributed by atoms with Crippen molar-refractivity contribution in [1.29, 1.82) is 0 Å². The number of nitrogens with zero attached hydrogens (tertiary/aromatic N) is 1. The number of carbonyl (C=O) groups excluding carboxylic acids is 1. The molecule has 0 heterocycles.